The van der Waals surface area contributed by atoms with Crippen LogP contribution in [-0.2, 0) is 0 Å². The van der Waals surface area contributed by atoms with Crippen molar-refractivity contribution < 1.29 is 13.2 Å². The SMILES string of the molecule is CCCCN1C=NC2=CC=C(C(F)(F)F)CC21. The van der Waals surface area contributed by atoms with Crippen molar-refractivity contribution in [2.75, 3.05) is 6.54 Å². The Morgan fingerprint density at radius 1 is 1.41 bits per heavy atom. The first-order valence-electron chi connectivity index (χ1n) is 5.80. The number of hydrogen-bond donors (Lipinski definition) is 0. The third kappa shape index (κ3) is 2.53. The first-order valence-corrected chi connectivity index (χ1v) is 5.80. The van der Waals surface area contributed by atoms with E-state index in [1.807, 2.05) is 4.90 Å². The van der Waals surface area contributed by atoms with Crippen LogP contribution in [0.2, 0.25) is 0 Å². The van der Waals surface area contributed by atoms with Gasteiger partial charge in [0.25, 0.3) is 0 Å². The van der Waals surface area contributed by atoms with Crippen LogP contribution in [0, 0.1) is 0 Å². The van der Waals surface area contributed by atoms with Gasteiger partial charge in [-0.1, -0.05) is 19.4 Å². The molecule has 0 aromatic rings. The third-order valence-corrected chi connectivity index (χ3v) is 3.10. The maximum absolute atomic E-state index is 12.6. The molecule has 0 aromatic heterocycles. The van der Waals surface area contributed by atoms with Gasteiger partial charge in [0.1, 0.15) is 0 Å². The van der Waals surface area contributed by atoms with Crippen LogP contribution in [0.5, 0.6) is 0 Å². The number of aliphatic imine (C=N–C) groups is 1. The molecule has 1 heterocycles. The topological polar surface area (TPSA) is 15.6 Å². The van der Waals surface area contributed by atoms with Gasteiger partial charge in [0, 0.05) is 18.5 Å². The smallest absolute Gasteiger partial charge is 0.354 e. The molecule has 0 spiro atoms. The van der Waals surface area contributed by atoms with Crippen LogP contribution in [0.25, 0.3) is 0 Å². The molecule has 0 aromatic carbocycles. The zero-order valence-electron chi connectivity index (χ0n) is 9.67. The van der Waals surface area contributed by atoms with Gasteiger partial charge in [-0.2, -0.15) is 13.2 Å². The highest BCUT2D eigenvalue weighted by molar-refractivity contribution is 5.63. The fourth-order valence-corrected chi connectivity index (χ4v) is 2.08. The van der Waals surface area contributed by atoms with Gasteiger partial charge in [-0.3, -0.25) is 0 Å². The normalized spacial score (nSPS) is 23.5. The minimum atomic E-state index is -4.22. The lowest BCUT2D eigenvalue weighted by Crippen LogP contribution is -2.34. The number of hydrogen-bond acceptors (Lipinski definition) is 2. The maximum Gasteiger partial charge on any atom is 0.412 e. The summed E-state index contributed by atoms with van der Waals surface area (Å²) in [5.41, 5.74) is 0.285. The molecule has 0 fully saturated rings. The molecule has 0 N–H and O–H groups in total. The number of halogens is 3. The van der Waals surface area contributed by atoms with Crippen molar-refractivity contribution in [3.63, 3.8) is 0 Å². The molecule has 2 aliphatic rings. The Hall–Kier alpha value is -1.26. The Morgan fingerprint density at radius 3 is 2.82 bits per heavy atom. The lowest BCUT2D eigenvalue weighted by Gasteiger charge is -2.28. The second-order valence-corrected chi connectivity index (χ2v) is 4.34. The molecule has 1 unspecified atom stereocenters. The first kappa shape index (κ1) is 12.2. The lowest BCUT2D eigenvalue weighted by molar-refractivity contribution is -0.0952. The molecule has 5 heteroatoms. The van der Waals surface area contributed by atoms with E-state index < -0.39 is 11.7 Å². The van der Waals surface area contributed by atoms with E-state index in [1.54, 1.807) is 6.34 Å². The number of fused-ring (bicyclic) bond motifs is 1. The zero-order chi connectivity index (χ0) is 12.5. The maximum atomic E-state index is 12.6. The van der Waals surface area contributed by atoms with E-state index in [-0.39, 0.29) is 12.5 Å². The van der Waals surface area contributed by atoms with Crippen LogP contribution in [0.1, 0.15) is 26.2 Å². The van der Waals surface area contributed by atoms with Crippen LogP contribution < -0.4 is 0 Å². The second-order valence-electron chi connectivity index (χ2n) is 4.34. The summed E-state index contributed by atoms with van der Waals surface area (Å²) in [7, 11) is 0. The van der Waals surface area contributed by atoms with Crippen molar-refractivity contribution in [1.82, 2.24) is 4.90 Å². The molecule has 0 bridgehead atoms. The molecule has 1 aliphatic heterocycles. The Morgan fingerprint density at radius 2 is 2.18 bits per heavy atom. The van der Waals surface area contributed by atoms with Gasteiger partial charge in [0.2, 0.25) is 0 Å². The number of nitrogens with zero attached hydrogens (tertiary/aromatic N) is 2. The number of allylic oxidation sites excluding steroid dienone is 2. The highest BCUT2D eigenvalue weighted by Crippen LogP contribution is 2.36. The predicted molar refractivity (Wildman–Crippen MR) is 60.7 cm³/mol. The summed E-state index contributed by atoms with van der Waals surface area (Å²) in [6.45, 7) is 2.83. The van der Waals surface area contributed by atoms with Crippen molar-refractivity contribution in [3.05, 3.63) is 23.4 Å². The number of unbranched alkanes of at least 4 members (excludes halogenated alkanes) is 1. The standard InChI is InChI=1S/C12H15F3N2/c1-2-3-6-17-8-16-10-5-4-9(7-11(10)17)12(13,14)15/h4-5,8,11H,2-3,6-7H2,1H3. The van der Waals surface area contributed by atoms with E-state index in [9.17, 15) is 13.2 Å². The van der Waals surface area contributed by atoms with E-state index in [0.717, 1.165) is 31.2 Å². The molecule has 0 amide bonds. The number of alkyl halides is 3. The van der Waals surface area contributed by atoms with E-state index in [2.05, 4.69) is 11.9 Å². The van der Waals surface area contributed by atoms with Crippen molar-refractivity contribution in [3.8, 4) is 0 Å². The Bertz CT molecular complexity index is 380. The first-order chi connectivity index (χ1) is 8.02. The van der Waals surface area contributed by atoms with Crippen LogP contribution in [-0.4, -0.2) is 30.0 Å². The Kier molecular flexibility index (Phi) is 3.26. The van der Waals surface area contributed by atoms with E-state index >= 15 is 0 Å². The van der Waals surface area contributed by atoms with Crippen LogP contribution in [0.4, 0.5) is 13.2 Å². The van der Waals surface area contributed by atoms with Crippen molar-refractivity contribution >= 4 is 6.34 Å². The average Bonchev–Trinajstić information content (AvgIpc) is 2.67. The van der Waals surface area contributed by atoms with Crippen LogP contribution in [0.15, 0.2) is 28.4 Å². The van der Waals surface area contributed by atoms with Crippen molar-refractivity contribution in [1.29, 1.82) is 0 Å². The Balaban J connectivity index is 2.09. The zero-order valence-corrected chi connectivity index (χ0v) is 9.67. The fourth-order valence-electron chi connectivity index (χ4n) is 2.08. The highest BCUT2D eigenvalue weighted by Gasteiger charge is 2.39. The molecular formula is C12H15F3N2. The van der Waals surface area contributed by atoms with Gasteiger partial charge >= 0.3 is 6.18 Å². The van der Waals surface area contributed by atoms with Gasteiger partial charge in [0.15, 0.2) is 0 Å². The molecule has 0 radical (unpaired) electrons. The summed E-state index contributed by atoms with van der Waals surface area (Å²) in [4.78, 5) is 6.07. The van der Waals surface area contributed by atoms with Gasteiger partial charge < -0.3 is 4.90 Å². The average molecular weight is 244 g/mol. The molecule has 0 saturated carbocycles. The van der Waals surface area contributed by atoms with Crippen molar-refractivity contribution in [2.24, 2.45) is 4.99 Å². The minimum Gasteiger partial charge on any atom is -0.354 e. The van der Waals surface area contributed by atoms with E-state index in [0.29, 0.717) is 0 Å². The monoisotopic (exact) mass is 244 g/mol. The molecule has 2 rings (SSSR count). The summed E-state index contributed by atoms with van der Waals surface area (Å²) < 4.78 is 37.9. The Labute approximate surface area is 98.5 Å². The molecule has 17 heavy (non-hydrogen) atoms. The molecule has 1 atom stereocenters. The summed E-state index contributed by atoms with van der Waals surface area (Å²) >= 11 is 0. The van der Waals surface area contributed by atoms with Gasteiger partial charge in [-0.25, -0.2) is 4.99 Å². The minimum absolute atomic E-state index is 0.0129. The third-order valence-electron chi connectivity index (χ3n) is 3.10. The highest BCUT2D eigenvalue weighted by atomic mass is 19.4. The van der Waals surface area contributed by atoms with E-state index in [1.165, 1.54) is 6.08 Å². The van der Waals surface area contributed by atoms with Gasteiger partial charge in [-0.05, 0) is 12.5 Å². The number of rotatable bonds is 3. The fraction of sp³-hybridized carbons (Fsp3) is 0.583. The summed E-state index contributed by atoms with van der Waals surface area (Å²) in [5.74, 6) is 0. The second kappa shape index (κ2) is 4.55. The quantitative estimate of drug-likeness (QED) is 0.744. The summed E-state index contributed by atoms with van der Waals surface area (Å²) in [6.07, 6.45) is 2.09. The lowest BCUT2D eigenvalue weighted by atomic mass is 9.97. The summed E-state index contributed by atoms with van der Waals surface area (Å²) in [5, 5.41) is 0. The molecule has 1 aliphatic carbocycles. The van der Waals surface area contributed by atoms with Crippen LogP contribution in [0.3, 0.4) is 0 Å². The van der Waals surface area contributed by atoms with Gasteiger partial charge in [-0.15, -0.1) is 0 Å². The molecule has 2 nitrogen and oxygen atoms in total. The van der Waals surface area contributed by atoms with Crippen LogP contribution >= 0.6 is 0 Å². The van der Waals surface area contributed by atoms with Crippen molar-refractivity contribution in [2.45, 2.75) is 38.4 Å². The van der Waals surface area contributed by atoms with Gasteiger partial charge in [0.05, 0.1) is 18.1 Å². The van der Waals surface area contributed by atoms with E-state index in [4.69, 9.17) is 0 Å². The largest absolute Gasteiger partial charge is 0.412 e. The molecule has 94 valence electrons. The summed E-state index contributed by atoms with van der Waals surface area (Å²) in [6, 6.07) is -0.219. The molecule has 0 saturated heterocycles. The molecular weight excluding hydrogens is 229 g/mol. The predicted octanol–water partition coefficient (Wildman–Crippen LogP) is 3.28.